The summed E-state index contributed by atoms with van der Waals surface area (Å²) in [6.45, 7) is 9.45. The Bertz CT molecular complexity index is 1600. The first-order valence-corrected chi connectivity index (χ1v) is 16.9. The van der Waals surface area contributed by atoms with Crippen LogP contribution < -0.4 is 11.4 Å². The van der Waals surface area contributed by atoms with Crippen LogP contribution in [0, 0.1) is 40.9 Å². The van der Waals surface area contributed by atoms with E-state index in [0.717, 1.165) is 43.0 Å². The molecule has 1 aromatic heterocycles. The number of aromatic nitrogens is 3. The number of nitrogens with one attached hydrogen (secondary N) is 1. The maximum atomic E-state index is 14.2. The number of fused-ring (bicyclic) bond motifs is 1. The van der Waals surface area contributed by atoms with E-state index in [0.29, 0.717) is 47.5 Å². The van der Waals surface area contributed by atoms with Gasteiger partial charge in [-0.15, -0.1) is 5.10 Å². The summed E-state index contributed by atoms with van der Waals surface area (Å²) in [4.78, 5) is 27.5. The fourth-order valence-corrected chi connectivity index (χ4v) is 8.92. The van der Waals surface area contributed by atoms with Gasteiger partial charge in [0.1, 0.15) is 17.4 Å². The molecule has 3 aliphatic rings. The molecule has 3 saturated carbocycles. The van der Waals surface area contributed by atoms with E-state index in [-0.39, 0.29) is 28.5 Å². The topological polar surface area (TPSA) is 116 Å². The summed E-state index contributed by atoms with van der Waals surface area (Å²) < 4.78 is 9.67. The summed E-state index contributed by atoms with van der Waals surface area (Å²) in [5.74, 6) is 2.49. The lowest BCUT2D eigenvalue weighted by Gasteiger charge is -2.37. The molecule has 3 aliphatic carbocycles. The van der Waals surface area contributed by atoms with Crippen molar-refractivity contribution in [2.24, 2.45) is 34.3 Å². The van der Waals surface area contributed by atoms with Crippen LogP contribution in [-0.4, -0.2) is 38.7 Å². The minimum absolute atomic E-state index is 0.00904. The first-order valence-electron chi connectivity index (χ1n) is 16.9. The number of carbonyl (C=O) groups is 1. The number of aryl methyl sites for hydroxylation is 2. The van der Waals surface area contributed by atoms with Gasteiger partial charge in [-0.25, -0.2) is 9.36 Å². The van der Waals surface area contributed by atoms with E-state index in [4.69, 9.17) is 15.9 Å². The van der Waals surface area contributed by atoms with Crippen molar-refractivity contribution >= 4 is 11.6 Å². The van der Waals surface area contributed by atoms with Gasteiger partial charge in [-0.1, -0.05) is 65.0 Å². The van der Waals surface area contributed by atoms with Crippen LogP contribution in [0.1, 0.15) is 95.5 Å². The molecule has 1 heterocycles. The number of hydrogen-bond donors (Lipinski definition) is 2. The van der Waals surface area contributed by atoms with Crippen molar-refractivity contribution < 1.29 is 9.53 Å². The van der Waals surface area contributed by atoms with Crippen LogP contribution in [0.4, 0.5) is 0 Å². The second-order valence-corrected chi connectivity index (χ2v) is 14.4. The molecule has 0 spiro atoms. The van der Waals surface area contributed by atoms with Crippen molar-refractivity contribution in [3.05, 3.63) is 76.0 Å². The molecule has 4 atom stereocenters. The van der Waals surface area contributed by atoms with E-state index in [9.17, 15) is 9.59 Å². The number of nitrogens with zero attached hydrogens (tertiary/aromatic N) is 3. The fraction of sp³-hybridized carbons (Fsp3) is 0.568. The zero-order chi connectivity index (χ0) is 31.9. The van der Waals surface area contributed by atoms with Crippen LogP contribution in [0.3, 0.4) is 0 Å². The van der Waals surface area contributed by atoms with Crippen LogP contribution in [-0.2, 0) is 16.0 Å². The maximum absolute atomic E-state index is 14.2. The van der Waals surface area contributed by atoms with Gasteiger partial charge in [0.05, 0.1) is 22.9 Å². The molecule has 8 heteroatoms. The first kappa shape index (κ1) is 31.5. The molecule has 3 N–H and O–H groups in total. The van der Waals surface area contributed by atoms with Gasteiger partial charge < -0.3 is 10.5 Å². The average Bonchev–Trinajstić information content (AvgIpc) is 3.40. The van der Waals surface area contributed by atoms with Crippen LogP contribution >= 0.6 is 0 Å². The Morgan fingerprint density at radius 3 is 2.33 bits per heavy atom. The minimum atomic E-state index is -0.376. The van der Waals surface area contributed by atoms with E-state index in [1.54, 1.807) is 35.8 Å². The second kappa shape index (κ2) is 12.3. The molecule has 240 valence electrons. The molecular weight excluding hydrogens is 562 g/mol. The van der Waals surface area contributed by atoms with Gasteiger partial charge >= 0.3 is 5.69 Å². The SMILES string of the molecule is Cc1nn(-c2ccc(C(=N)N)cc2)c(=O)n1-c1ccc(CCC(=O)C23C(OCCC4CCCCC4)C(C)CCC2C3(C)C)cc1. The number of hydrogen-bond acceptors (Lipinski definition) is 5. The summed E-state index contributed by atoms with van der Waals surface area (Å²) in [7, 11) is 0. The molecule has 0 bridgehead atoms. The zero-order valence-electron chi connectivity index (χ0n) is 27.4. The Morgan fingerprint density at radius 1 is 1.00 bits per heavy atom. The fourth-order valence-electron chi connectivity index (χ4n) is 8.92. The Labute approximate surface area is 266 Å². The highest BCUT2D eigenvalue weighted by Crippen LogP contribution is 2.76. The number of nitrogens with two attached hydrogens (primary N) is 1. The lowest BCUT2D eigenvalue weighted by molar-refractivity contribution is -0.139. The number of carbonyl (C=O) groups excluding carboxylic acids is 1. The summed E-state index contributed by atoms with van der Waals surface area (Å²) >= 11 is 0. The zero-order valence-corrected chi connectivity index (χ0v) is 27.4. The largest absolute Gasteiger partial charge is 0.384 e. The van der Waals surface area contributed by atoms with Crippen LogP contribution in [0.5, 0.6) is 0 Å². The van der Waals surface area contributed by atoms with Crippen LogP contribution in [0.2, 0.25) is 0 Å². The van der Waals surface area contributed by atoms with E-state index < -0.39 is 0 Å². The number of benzene rings is 2. The van der Waals surface area contributed by atoms with E-state index in [1.165, 1.54) is 36.8 Å². The molecule has 4 unspecified atom stereocenters. The van der Waals surface area contributed by atoms with Gasteiger partial charge in [0.25, 0.3) is 0 Å². The predicted octanol–water partition coefficient (Wildman–Crippen LogP) is 6.55. The summed E-state index contributed by atoms with van der Waals surface area (Å²) in [6, 6.07) is 14.8. The number of amidine groups is 1. The molecule has 0 radical (unpaired) electrons. The second-order valence-electron chi connectivity index (χ2n) is 14.4. The molecule has 8 nitrogen and oxygen atoms in total. The maximum Gasteiger partial charge on any atom is 0.355 e. The van der Waals surface area contributed by atoms with Gasteiger partial charge in [-0.2, -0.15) is 4.68 Å². The Kier molecular flexibility index (Phi) is 8.63. The van der Waals surface area contributed by atoms with Crippen molar-refractivity contribution in [2.75, 3.05) is 6.61 Å². The Morgan fingerprint density at radius 2 is 1.67 bits per heavy atom. The number of Topliss-reactive ketones (excluding diaryl/α,β-unsaturated/α-hetero) is 1. The molecule has 0 amide bonds. The summed E-state index contributed by atoms with van der Waals surface area (Å²) in [6.07, 6.45) is 11.3. The van der Waals surface area contributed by atoms with E-state index in [1.807, 2.05) is 24.3 Å². The summed E-state index contributed by atoms with van der Waals surface area (Å²) in [5, 5.41) is 12.1. The first-order chi connectivity index (χ1) is 21.6. The van der Waals surface area contributed by atoms with Crippen LogP contribution in [0.25, 0.3) is 11.4 Å². The predicted molar refractivity (Wildman–Crippen MR) is 177 cm³/mol. The normalized spacial score (nSPS) is 25.9. The third-order valence-corrected chi connectivity index (χ3v) is 11.5. The number of nitrogen functional groups attached to an aromatic ring is 1. The van der Waals surface area contributed by atoms with E-state index >= 15 is 0 Å². The lowest BCUT2D eigenvalue weighted by Crippen LogP contribution is -2.44. The van der Waals surface area contributed by atoms with Gasteiger partial charge in [-0.3, -0.25) is 10.2 Å². The highest BCUT2D eigenvalue weighted by molar-refractivity contribution is 5.95. The number of ketones is 1. The quantitative estimate of drug-likeness (QED) is 0.189. The molecule has 6 rings (SSSR count). The van der Waals surface area contributed by atoms with Crippen molar-refractivity contribution in [3.63, 3.8) is 0 Å². The monoisotopic (exact) mass is 611 g/mol. The van der Waals surface area contributed by atoms with Gasteiger partial charge in [0, 0.05) is 18.6 Å². The standard InChI is InChI=1S/C37H49N5O3/c1-24-10-20-31-36(3,4)37(31,33(24)45-23-22-26-8-6-5-7-9-26)32(43)21-13-27-11-16-29(17-12-27)41-25(2)40-42(35(41)44)30-18-14-28(15-19-30)34(38)39/h11-12,14-19,24,26,31,33H,5-10,13,20-23H2,1-4H3,(H3,38,39). The highest BCUT2D eigenvalue weighted by atomic mass is 16.5. The highest BCUT2D eigenvalue weighted by Gasteiger charge is 2.79. The van der Waals surface area contributed by atoms with Crippen molar-refractivity contribution in [2.45, 2.75) is 98.0 Å². The van der Waals surface area contributed by atoms with Gasteiger partial charge in [-0.05, 0) is 97.7 Å². The minimum Gasteiger partial charge on any atom is -0.384 e. The lowest BCUT2D eigenvalue weighted by atomic mass is 9.73. The van der Waals surface area contributed by atoms with Crippen molar-refractivity contribution in [1.82, 2.24) is 14.3 Å². The smallest absolute Gasteiger partial charge is 0.355 e. The molecular formula is C37H49N5O3. The molecule has 3 aromatic rings. The summed E-state index contributed by atoms with van der Waals surface area (Å²) in [5.41, 5.74) is 7.90. The molecule has 0 aliphatic heterocycles. The molecule has 3 fully saturated rings. The van der Waals surface area contributed by atoms with E-state index in [2.05, 4.69) is 25.9 Å². The average molecular weight is 612 g/mol. The van der Waals surface area contributed by atoms with Crippen LogP contribution in [0.15, 0.2) is 53.3 Å². The Hall–Kier alpha value is -3.52. The van der Waals surface area contributed by atoms with Crippen molar-refractivity contribution in [1.29, 1.82) is 5.41 Å². The van der Waals surface area contributed by atoms with Crippen molar-refractivity contribution in [3.8, 4) is 11.4 Å². The number of ether oxygens (including phenoxy) is 1. The Balaban J connectivity index is 1.13. The molecule has 45 heavy (non-hydrogen) atoms. The third-order valence-electron chi connectivity index (χ3n) is 11.5. The van der Waals surface area contributed by atoms with Gasteiger partial charge in [0.2, 0.25) is 0 Å². The van der Waals surface area contributed by atoms with Gasteiger partial charge in [0.15, 0.2) is 0 Å². The molecule has 2 aromatic carbocycles. The third kappa shape index (κ3) is 5.60. The molecule has 0 saturated heterocycles. The number of rotatable bonds is 11.